The van der Waals surface area contributed by atoms with Crippen LogP contribution in [0.15, 0.2) is 12.3 Å². The molecule has 0 spiro atoms. The van der Waals surface area contributed by atoms with E-state index in [2.05, 4.69) is 15.7 Å². The fraction of sp³-hybridized carbons (Fsp3) is 0.654. The van der Waals surface area contributed by atoms with Crippen LogP contribution in [0.5, 0.6) is 5.88 Å². The minimum absolute atomic E-state index is 0.0445. The lowest BCUT2D eigenvalue weighted by Gasteiger charge is -2.58. The largest absolute Gasteiger partial charge is 0.477 e. The number of carbonyl (C=O) groups excluding carboxylic acids is 4. The number of imide groups is 1. The summed E-state index contributed by atoms with van der Waals surface area (Å²) in [5, 5.41) is 9.61. The minimum Gasteiger partial charge on any atom is -0.477 e. The molecule has 12 nitrogen and oxygen atoms in total. The topological polar surface area (TPSA) is 181 Å². The van der Waals surface area contributed by atoms with Crippen LogP contribution in [0.4, 0.5) is 9.59 Å². The number of rotatable bonds is 9. The highest BCUT2D eigenvalue weighted by Crippen LogP contribution is 2.57. The molecule has 0 aliphatic heterocycles. The number of aromatic nitrogens is 2. The van der Waals surface area contributed by atoms with Crippen LogP contribution in [0.1, 0.15) is 70.2 Å². The van der Waals surface area contributed by atoms with Gasteiger partial charge in [0.2, 0.25) is 11.8 Å². The normalized spacial score (nSPS) is 27.9. The smallest absolute Gasteiger partial charge is 0.405 e. The second kappa shape index (κ2) is 10.3. The number of nitrogens with one attached hydrogen (secondary N) is 2. The Kier molecular flexibility index (Phi) is 7.44. The number of carbonyl (C=O) groups is 4. The van der Waals surface area contributed by atoms with Gasteiger partial charge < -0.3 is 26.3 Å². The fourth-order valence-electron chi connectivity index (χ4n) is 6.36. The summed E-state index contributed by atoms with van der Waals surface area (Å²) in [4.78, 5) is 48.5. The average molecular weight is 531 g/mol. The van der Waals surface area contributed by atoms with E-state index in [4.69, 9.17) is 20.9 Å². The van der Waals surface area contributed by atoms with Crippen molar-refractivity contribution in [2.45, 2.75) is 71.4 Å². The lowest BCUT2D eigenvalue weighted by atomic mass is 9.52. The van der Waals surface area contributed by atoms with Crippen LogP contribution < -0.4 is 26.8 Å². The fourth-order valence-corrected chi connectivity index (χ4v) is 6.36. The molecule has 5 amide bonds. The highest BCUT2D eigenvalue weighted by molar-refractivity contribution is 5.98. The van der Waals surface area contributed by atoms with Crippen LogP contribution in [0.3, 0.4) is 0 Å². The highest BCUT2D eigenvalue weighted by Gasteiger charge is 2.57. The number of hydrogen-bond donors (Lipinski definition) is 4. The van der Waals surface area contributed by atoms with Gasteiger partial charge in [0, 0.05) is 12.2 Å². The number of urea groups is 1. The van der Waals surface area contributed by atoms with Crippen molar-refractivity contribution >= 4 is 30.1 Å². The molecule has 2 unspecified atom stereocenters. The molecule has 4 saturated carbocycles. The third-order valence-corrected chi connectivity index (χ3v) is 7.83. The third-order valence-electron chi connectivity index (χ3n) is 7.83. The molecule has 4 fully saturated rings. The van der Waals surface area contributed by atoms with Gasteiger partial charge in [0.25, 0.3) is 5.91 Å². The van der Waals surface area contributed by atoms with Crippen molar-refractivity contribution in [1.82, 2.24) is 20.4 Å². The standard InChI is InChI=1S/C26H38N6O6/c1-14(2)13-37-21-18(12-29-32(21)6-5-25(3,4)22(34)31-23(27)35)20(33)30-19-16-7-15-8-17(19)11-26(9-15,10-16)38-24(28)36/h5-6,12,14-17,19H,7-11,13H2,1-4H3,(H2,28,36)(H,30,33)(H3,27,31,34,35). The molecule has 0 aromatic carbocycles. The molecule has 38 heavy (non-hydrogen) atoms. The number of amides is 5. The molecule has 208 valence electrons. The molecule has 2 atom stereocenters. The van der Waals surface area contributed by atoms with Gasteiger partial charge in [-0.2, -0.15) is 5.10 Å². The van der Waals surface area contributed by atoms with E-state index in [-0.39, 0.29) is 41.1 Å². The molecule has 6 N–H and O–H groups in total. The van der Waals surface area contributed by atoms with Gasteiger partial charge in [-0.3, -0.25) is 14.9 Å². The lowest BCUT2D eigenvalue weighted by Crippen LogP contribution is -2.63. The quantitative estimate of drug-likeness (QED) is 0.378. The van der Waals surface area contributed by atoms with Crippen molar-refractivity contribution in [2.75, 3.05) is 6.61 Å². The number of ether oxygens (including phenoxy) is 2. The predicted octanol–water partition coefficient (Wildman–Crippen LogP) is 2.38. The SMILES string of the molecule is CC(C)COc1c(C(=O)NC2C3CC4CC2CC(OC(N)=O)(C4)C3)cnn1C=CC(C)(C)C(=O)NC(N)=O. The van der Waals surface area contributed by atoms with E-state index in [0.29, 0.717) is 25.4 Å². The second-order valence-corrected chi connectivity index (χ2v) is 11.9. The lowest BCUT2D eigenvalue weighted by molar-refractivity contribution is -0.137. The van der Waals surface area contributed by atoms with Crippen molar-refractivity contribution in [1.29, 1.82) is 0 Å². The molecule has 1 aromatic rings. The van der Waals surface area contributed by atoms with Gasteiger partial charge in [-0.25, -0.2) is 14.3 Å². The Morgan fingerprint density at radius 2 is 1.84 bits per heavy atom. The Hall–Kier alpha value is -3.57. The van der Waals surface area contributed by atoms with Gasteiger partial charge in [0.15, 0.2) is 0 Å². The summed E-state index contributed by atoms with van der Waals surface area (Å²) >= 11 is 0. The number of nitrogens with two attached hydrogens (primary N) is 2. The summed E-state index contributed by atoms with van der Waals surface area (Å²) in [7, 11) is 0. The zero-order chi connectivity index (χ0) is 27.8. The first-order valence-electron chi connectivity index (χ1n) is 13.1. The minimum atomic E-state index is -1.08. The molecule has 0 radical (unpaired) electrons. The molecule has 4 aliphatic rings. The molecule has 4 aliphatic carbocycles. The van der Waals surface area contributed by atoms with Gasteiger partial charge in [-0.15, -0.1) is 0 Å². The summed E-state index contributed by atoms with van der Waals surface area (Å²) in [6.07, 6.45) is 7.96. The summed E-state index contributed by atoms with van der Waals surface area (Å²) in [5.41, 5.74) is 9.12. The van der Waals surface area contributed by atoms with Crippen LogP contribution in [0.25, 0.3) is 6.20 Å². The molecule has 12 heteroatoms. The van der Waals surface area contributed by atoms with Crippen molar-refractivity contribution in [3.05, 3.63) is 17.8 Å². The van der Waals surface area contributed by atoms with Gasteiger partial charge in [-0.1, -0.05) is 19.9 Å². The van der Waals surface area contributed by atoms with Crippen molar-refractivity contribution < 1.29 is 28.7 Å². The Morgan fingerprint density at radius 3 is 2.42 bits per heavy atom. The first-order chi connectivity index (χ1) is 17.8. The first-order valence-corrected chi connectivity index (χ1v) is 13.1. The Labute approximate surface area is 221 Å². The Bertz CT molecular complexity index is 1130. The second-order valence-electron chi connectivity index (χ2n) is 11.9. The van der Waals surface area contributed by atoms with Crippen LogP contribution in [-0.2, 0) is 9.53 Å². The van der Waals surface area contributed by atoms with Gasteiger partial charge in [0.05, 0.1) is 18.2 Å². The van der Waals surface area contributed by atoms with Crippen molar-refractivity contribution in [3.8, 4) is 5.88 Å². The summed E-state index contributed by atoms with van der Waals surface area (Å²) in [6, 6.07) is -0.982. The molecule has 1 aromatic heterocycles. The van der Waals surface area contributed by atoms with E-state index in [9.17, 15) is 19.2 Å². The summed E-state index contributed by atoms with van der Waals surface area (Å²) < 4.78 is 13.0. The van der Waals surface area contributed by atoms with E-state index in [1.54, 1.807) is 19.9 Å². The maximum absolute atomic E-state index is 13.5. The van der Waals surface area contributed by atoms with E-state index in [1.807, 2.05) is 13.8 Å². The zero-order valence-electron chi connectivity index (χ0n) is 22.4. The van der Waals surface area contributed by atoms with Gasteiger partial charge >= 0.3 is 12.1 Å². The number of hydrogen-bond acceptors (Lipinski definition) is 7. The van der Waals surface area contributed by atoms with Gasteiger partial charge in [0.1, 0.15) is 11.2 Å². The summed E-state index contributed by atoms with van der Waals surface area (Å²) in [5.74, 6) is 0.450. The number of nitrogens with zero attached hydrogens (tertiary/aromatic N) is 2. The van der Waals surface area contributed by atoms with Crippen molar-refractivity contribution in [3.63, 3.8) is 0 Å². The summed E-state index contributed by atoms with van der Waals surface area (Å²) in [6.45, 7) is 7.58. The van der Waals surface area contributed by atoms with Crippen LogP contribution in [0, 0.1) is 29.1 Å². The first kappa shape index (κ1) is 27.5. The van der Waals surface area contributed by atoms with Crippen LogP contribution in [0.2, 0.25) is 0 Å². The van der Waals surface area contributed by atoms with Gasteiger partial charge in [-0.05, 0) is 69.6 Å². The van der Waals surface area contributed by atoms with Crippen LogP contribution in [-0.4, -0.2) is 52.0 Å². The molecular formula is C26H38N6O6. The van der Waals surface area contributed by atoms with E-state index in [0.717, 1.165) is 19.3 Å². The predicted molar refractivity (Wildman–Crippen MR) is 138 cm³/mol. The number of primary amides is 2. The molecular weight excluding hydrogens is 492 g/mol. The maximum Gasteiger partial charge on any atom is 0.405 e. The monoisotopic (exact) mass is 530 g/mol. The van der Waals surface area contributed by atoms with Crippen molar-refractivity contribution in [2.24, 2.45) is 40.6 Å². The average Bonchev–Trinajstić information content (AvgIpc) is 3.20. The van der Waals surface area contributed by atoms with E-state index < -0.39 is 29.0 Å². The third kappa shape index (κ3) is 5.78. The Balaban J connectivity index is 1.53. The highest BCUT2D eigenvalue weighted by atomic mass is 16.6. The van der Waals surface area contributed by atoms with E-state index in [1.165, 1.54) is 17.1 Å². The molecule has 5 rings (SSSR count). The molecule has 1 heterocycles. The Morgan fingerprint density at radius 1 is 1.18 bits per heavy atom. The molecule has 4 bridgehead atoms. The molecule has 0 saturated heterocycles. The maximum atomic E-state index is 13.5. The van der Waals surface area contributed by atoms with Crippen LogP contribution >= 0.6 is 0 Å². The van der Waals surface area contributed by atoms with E-state index >= 15 is 0 Å². The zero-order valence-corrected chi connectivity index (χ0v) is 22.4.